The summed E-state index contributed by atoms with van der Waals surface area (Å²) < 4.78 is 10.6. The Hall–Kier alpha value is -3.44. The van der Waals surface area contributed by atoms with E-state index in [0.717, 1.165) is 22.4 Å². The second-order valence-electron chi connectivity index (χ2n) is 4.61. The van der Waals surface area contributed by atoms with Crippen LogP contribution in [0, 0.1) is 0 Å². The fourth-order valence-corrected chi connectivity index (χ4v) is 1.99. The van der Waals surface area contributed by atoms with Gasteiger partial charge in [-0.05, 0) is 28.8 Å². The summed E-state index contributed by atoms with van der Waals surface area (Å²) in [4.78, 5) is 16.2. The van der Waals surface area contributed by atoms with Gasteiger partial charge in [-0.1, -0.05) is 36.4 Å². The highest BCUT2D eigenvalue weighted by atomic mass is 16.5. The molecule has 0 unspecified atom stereocenters. The summed E-state index contributed by atoms with van der Waals surface area (Å²) >= 11 is 0. The number of H-pyrrole nitrogens is 1. The third-order valence-electron chi connectivity index (χ3n) is 3.16. The van der Waals surface area contributed by atoms with Crippen LogP contribution in [0.4, 0.5) is 0 Å². The van der Waals surface area contributed by atoms with Gasteiger partial charge in [-0.15, -0.1) is 5.10 Å². The summed E-state index contributed by atoms with van der Waals surface area (Å²) in [5.41, 5.74) is 3.39. The van der Waals surface area contributed by atoms with Gasteiger partial charge >= 0.3 is 6.15 Å². The Bertz CT molecular complexity index is 763. The number of methoxy groups -OCH3 is 1. The molecule has 0 fully saturated rings. The molecule has 1 N–H and O–H groups in total. The molecule has 0 spiro atoms. The van der Waals surface area contributed by atoms with Crippen LogP contribution in [0.5, 0.6) is 11.6 Å². The summed E-state index contributed by atoms with van der Waals surface area (Å²) in [5, 5.41) is 10.0. The molecule has 2 aromatic carbocycles. The third kappa shape index (κ3) is 4.79. The molecule has 0 aliphatic carbocycles. The maximum atomic E-state index is 8.12. The zero-order valence-electron chi connectivity index (χ0n) is 12.9. The lowest BCUT2D eigenvalue weighted by molar-refractivity contribution is -0.191. The van der Waals surface area contributed by atoms with E-state index in [1.165, 1.54) is 0 Å². The van der Waals surface area contributed by atoms with Crippen molar-refractivity contribution >= 4 is 6.15 Å². The minimum absolute atomic E-state index is 0.250. The first kappa shape index (κ1) is 16.9. The maximum Gasteiger partial charge on any atom is 0.373 e. The fourth-order valence-electron chi connectivity index (χ4n) is 1.99. The largest absolute Gasteiger partial charge is 0.497 e. The van der Waals surface area contributed by atoms with Gasteiger partial charge in [-0.25, -0.2) is 0 Å². The second kappa shape index (κ2) is 8.87. The average molecular weight is 325 g/mol. The van der Waals surface area contributed by atoms with Crippen molar-refractivity contribution in [1.29, 1.82) is 0 Å². The highest BCUT2D eigenvalue weighted by molar-refractivity contribution is 5.64. The number of hydrogen-bond acceptors (Lipinski definition) is 6. The smallest absolute Gasteiger partial charge is 0.373 e. The van der Waals surface area contributed by atoms with Crippen molar-refractivity contribution in [3.8, 4) is 22.8 Å². The highest BCUT2D eigenvalue weighted by Gasteiger charge is 2.01. The Morgan fingerprint density at radius 1 is 1.00 bits per heavy atom. The summed E-state index contributed by atoms with van der Waals surface area (Å²) in [5.74, 6) is 1.35. The number of hydrogen-bond donors (Lipinski definition) is 1. The second-order valence-corrected chi connectivity index (χ2v) is 4.61. The number of aromatic amines is 1. The van der Waals surface area contributed by atoms with E-state index in [1.54, 1.807) is 13.3 Å². The quantitative estimate of drug-likeness (QED) is 0.774. The van der Waals surface area contributed by atoms with E-state index in [9.17, 15) is 0 Å². The van der Waals surface area contributed by atoms with E-state index in [0.29, 0.717) is 12.5 Å². The number of ether oxygens (including phenoxy) is 2. The SMILES string of the molecule is COc1ccc(-c2ccc(COc3cn[nH]n3)cc2)cc1.O=C=O. The molecule has 1 heterocycles. The van der Waals surface area contributed by atoms with Crippen molar-refractivity contribution in [1.82, 2.24) is 15.4 Å². The maximum absolute atomic E-state index is 8.12. The van der Waals surface area contributed by atoms with Gasteiger partial charge in [0.1, 0.15) is 18.6 Å². The monoisotopic (exact) mass is 325 g/mol. The first-order chi connectivity index (χ1) is 11.8. The van der Waals surface area contributed by atoms with Gasteiger partial charge in [-0.2, -0.15) is 19.9 Å². The number of aromatic nitrogens is 3. The Kier molecular flexibility index (Phi) is 6.25. The third-order valence-corrected chi connectivity index (χ3v) is 3.16. The van der Waals surface area contributed by atoms with Gasteiger partial charge in [0.15, 0.2) is 0 Å². The zero-order chi connectivity index (χ0) is 17.2. The van der Waals surface area contributed by atoms with E-state index < -0.39 is 0 Å². The summed E-state index contributed by atoms with van der Waals surface area (Å²) in [6, 6.07) is 16.2. The molecule has 1 aromatic heterocycles. The van der Waals surface area contributed by atoms with Gasteiger partial charge < -0.3 is 9.47 Å². The molecule has 0 amide bonds. The van der Waals surface area contributed by atoms with Crippen molar-refractivity contribution in [2.24, 2.45) is 0 Å². The van der Waals surface area contributed by atoms with Gasteiger partial charge in [-0.3, -0.25) is 0 Å². The lowest BCUT2D eigenvalue weighted by atomic mass is 10.0. The number of rotatable bonds is 5. The molecule has 7 nitrogen and oxygen atoms in total. The predicted molar refractivity (Wildman–Crippen MR) is 84.2 cm³/mol. The first-order valence-electron chi connectivity index (χ1n) is 6.98. The van der Waals surface area contributed by atoms with Gasteiger partial charge in [0.2, 0.25) is 0 Å². The zero-order valence-corrected chi connectivity index (χ0v) is 12.9. The first-order valence-corrected chi connectivity index (χ1v) is 6.98. The Labute approximate surface area is 138 Å². The molecular weight excluding hydrogens is 310 g/mol. The van der Waals surface area contributed by atoms with E-state index in [1.807, 2.05) is 36.4 Å². The molecule has 0 bridgehead atoms. The Morgan fingerprint density at radius 2 is 1.58 bits per heavy atom. The van der Waals surface area contributed by atoms with Crippen LogP contribution in [0.15, 0.2) is 54.7 Å². The van der Waals surface area contributed by atoms with Crippen LogP contribution < -0.4 is 9.47 Å². The molecule has 0 saturated heterocycles. The van der Waals surface area contributed by atoms with Gasteiger partial charge in [0.25, 0.3) is 5.88 Å². The molecule has 0 aliphatic rings. The van der Waals surface area contributed by atoms with Crippen molar-refractivity contribution < 1.29 is 19.1 Å². The van der Waals surface area contributed by atoms with E-state index >= 15 is 0 Å². The summed E-state index contributed by atoms with van der Waals surface area (Å²) in [6.07, 6.45) is 1.80. The van der Waals surface area contributed by atoms with Crippen LogP contribution in [-0.2, 0) is 16.2 Å². The van der Waals surface area contributed by atoms with Crippen LogP contribution in [0.25, 0.3) is 11.1 Å². The van der Waals surface area contributed by atoms with Gasteiger partial charge in [0.05, 0.1) is 7.11 Å². The molecule has 7 heteroatoms. The normalized spacial score (nSPS) is 9.38. The van der Waals surface area contributed by atoms with Crippen molar-refractivity contribution in [3.05, 3.63) is 60.3 Å². The highest BCUT2D eigenvalue weighted by Crippen LogP contribution is 2.22. The predicted octanol–water partition coefficient (Wildman–Crippen LogP) is 2.48. The number of benzene rings is 2. The number of carbonyl (C=O) groups excluding carboxylic acids is 2. The van der Waals surface area contributed by atoms with Crippen LogP contribution in [0.3, 0.4) is 0 Å². The molecule has 0 aliphatic heterocycles. The van der Waals surface area contributed by atoms with E-state index in [4.69, 9.17) is 19.1 Å². The minimum Gasteiger partial charge on any atom is -0.497 e. The topological polar surface area (TPSA) is 94.2 Å². The molecular formula is C17H15N3O4. The van der Waals surface area contributed by atoms with Gasteiger partial charge in [0, 0.05) is 0 Å². The molecule has 0 radical (unpaired) electrons. The molecule has 24 heavy (non-hydrogen) atoms. The van der Waals surface area contributed by atoms with Crippen LogP contribution in [0.1, 0.15) is 5.56 Å². The van der Waals surface area contributed by atoms with E-state index in [-0.39, 0.29) is 6.15 Å². The number of nitrogens with zero attached hydrogens (tertiary/aromatic N) is 2. The Balaban J connectivity index is 0.000000647. The summed E-state index contributed by atoms with van der Waals surface area (Å²) in [7, 11) is 1.67. The Morgan fingerprint density at radius 3 is 2.08 bits per heavy atom. The van der Waals surface area contributed by atoms with Crippen molar-refractivity contribution in [3.63, 3.8) is 0 Å². The van der Waals surface area contributed by atoms with E-state index in [2.05, 4.69) is 27.5 Å². The minimum atomic E-state index is 0.250. The molecule has 0 saturated carbocycles. The standard InChI is InChI=1S/C16H15N3O2.CO2/c1-20-15-8-6-14(7-9-15)13-4-2-12(3-5-13)11-21-16-10-17-19-18-16;2-1-3/h2-10H,11H2,1H3,(H,17,18,19);. The van der Waals surface area contributed by atoms with Crippen molar-refractivity contribution in [2.75, 3.05) is 7.11 Å². The molecule has 0 atom stereocenters. The summed E-state index contributed by atoms with van der Waals surface area (Å²) in [6.45, 7) is 0.468. The number of nitrogens with one attached hydrogen (secondary N) is 1. The van der Waals surface area contributed by atoms with Crippen LogP contribution in [-0.4, -0.2) is 28.7 Å². The fraction of sp³-hybridized carbons (Fsp3) is 0.118. The molecule has 3 rings (SSSR count). The van der Waals surface area contributed by atoms with Crippen LogP contribution >= 0.6 is 0 Å². The lowest BCUT2D eigenvalue weighted by Crippen LogP contribution is -1.95. The molecule has 3 aromatic rings. The average Bonchev–Trinajstić information content (AvgIpc) is 3.15. The molecule has 122 valence electrons. The van der Waals surface area contributed by atoms with Crippen LogP contribution in [0.2, 0.25) is 0 Å². The lowest BCUT2D eigenvalue weighted by Gasteiger charge is -2.06. The van der Waals surface area contributed by atoms with Crippen molar-refractivity contribution in [2.45, 2.75) is 6.61 Å².